The molecule has 1 aromatic carbocycles. The number of nitrogens with zero attached hydrogens (tertiary/aromatic N) is 1. The van der Waals surface area contributed by atoms with E-state index in [1.54, 1.807) is 0 Å². The highest BCUT2D eigenvalue weighted by Gasteiger charge is 2.41. The fraction of sp³-hybridized carbons (Fsp3) is 0.632. The first-order valence-electron chi connectivity index (χ1n) is 8.23. The molecule has 0 radical (unpaired) electrons. The van der Waals surface area contributed by atoms with Crippen LogP contribution < -0.4 is 4.74 Å². The molecule has 1 fully saturated rings. The van der Waals surface area contributed by atoms with Crippen molar-refractivity contribution in [2.24, 2.45) is 0 Å². The lowest BCUT2D eigenvalue weighted by molar-refractivity contribution is -0.190. The smallest absolute Gasteiger partial charge is 0.328 e. The normalized spacial score (nSPS) is 21.7. The second kappa shape index (κ2) is 6.25. The van der Waals surface area contributed by atoms with Crippen molar-refractivity contribution in [2.45, 2.75) is 65.7 Å². The molecule has 4 nitrogen and oxygen atoms in total. The molecule has 2 rings (SSSR count). The van der Waals surface area contributed by atoms with Crippen LogP contribution in [-0.4, -0.2) is 41.2 Å². The molecule has 1 aromatic rings. The van der Waals surface area contributed by atoms with Gasteiger partial charge in [-0.1, -0.05) is 18.2 Å². The lowest BCUT2D eigenvalue weighted by atomic mass is 9.97. The van der Waals surface area contributed by atoms with Gasteiger partial charge in [0.15, 0.2) is 0 Å². The summed E-state index contributed by atoms with van der Waals surface area (Å²) in [7, 11) is 0. The lowest BCUT2D eigenvalue weighted by Crippen LogP contribution is -2.60. The fourth-order valence-corrected chi connectivity index (χ4v) is 3.42. The van der Waals surface area contributed by atoms with Crippen molar-refractivity contribution in [1.82, 2.24) is 4.90 Å². The van der Waals surface area contributed by atoms with E-state index in [1.807, 2.05) is 39.0 Å². The van der Waals surface area contributed by atoms with Gasteiger partial charge in [-0.15, -0.1) is 0 Å². The van der Waals surface area contributed by atoms with Gasteiger partial charge in [0.05, 0.1) is 11.2 Å². The minimum atomic E-state index is -0.309. The van der Waals surface area contributed by atoms with Crippen LogP contribution in [0.3, 0.4) is 0 Å². The molecule has 1 unspecified atom stereocenters. The number of benzene rings is 1. The van der Waals surface area contributed by atoms with E-state index in [4.69, 9.17) is 9.47 Å². The molecule has 0 spiro atoms. The average Bonchev–Trinajstić information content (AvgIpc) is 2.38. The third-order valence-corrected chi connectivity index (χ3v) is 4.22. The number of rotatable bonds is 3. The molecule has 23 heavy (non-hydrogen) atoms. The number of morpholine rings is 1. The van der Waals surface area contributed by atoms with E-state index in [2.05, 4.69) is 32.6 Å². The van der Waals surface area contributed by atoms with Crippen LogP contribution in [0.25, 0.3) is 0 Å². The van der Waals surface area contributed by atoms with Gasteiger partial charge < -0.3 is 9.47 Å². The van der Waals surface area contributed by atoms with E-state index < -0.39 is 0 Å². The van der Waals surface area contributed by atoms with Crippen LogP contribution in [0.5, 0.6) is 5.75 Å². The van der Waals surface area contributed by atoms with Gasteiger partial charge >= 0.3 is 5.97 Å². The lowest BCUT2D eigenvalue weighted by Gasteiger charge is -2.48. The molecule has 0 amide bonds. The van der Waals surface area contributed by atoms with Crippen molar-refractivity contribution in [3.05, 3.63) is 29.3 Å². The topological polar surface area (TPSA) is 38.8 Å². The molecule has 1 aliphatic rings. The summed E-state index contributed by atoms with van der Waals surface area (Å²) in [6, 6.07) is 5.58. The molecule has 1 atom stereocenters. The highest BCUT2D eigenvalue weighted by atomic mass is 16.5. The van der Waals surface area contributed by atoms with Crippen molar-refractivity contribution < 1.29 is 14.3 Å². The second-order valence-corrected chi connectivity index (χ2v) is 7.84. The molecule has 0 aromatic heterocycles. The summed E-state index contributed by atoms with van der Waals surface area (Å²) in [5, 5.41) is 0. The molecular formula is C19H29NO3. The molecule has 1 heterocycles. The molecule has 0 aliphatic carbocycles. The monoisotopic (exact) mass is 319 g/mol. The first-order valence-corrected chi connectivity index (χ1v) is 8.23. The molecule has 128 valence electrons. The van der Waals surface area contributed by atoms with Crippen LogP contribution >= 0.6 is 0 Å². The van der Waals surface area contributed by atoms with Gasteiger partial charge in [-0.2, -0.15) is 0 Å². The molecular weight excluding hydrogens is 290 g/mol. The maximum Gasteiger partial charge on any atom is 0.328 e. The zero-order valence-corrected chi connectivity index (χ0v) is 15.4. The molecule has 0 saturated carbocycles. The summed E-state index contributed by atoms with van der Waals surface area (Å²) in [5.41, 5.74) is 1.39. The summed E-state index contributed by atoms with van der Waals surface area (Å²) >= 11 is 0. The zero-order chi connectivity index (χ0) is 17.4. The Hall–Kier alpha value is -1.39. The van der Waals surface area contributed by atoms with Gasteiger partial charge in [0.2, 0.25) is 0 Å². The predicted molar refractivity (Wildman–Crippen MR) is 91.8 cm³/mol. The number of carbonyl (C=O) groups is 1. The molecule has 1 aliphatic heterocycles. The van der Waals surface area contributed by atoms with Crippen LogP contribution in [0.1, 0.15) is 45.7 Å². The number of para-hydroxylation sites is 1. The highest BCUT2D eigenvalue weighted by molar-refractivity contribution is 5.78. The first kappa shape index (κ1) is 18.0. The first-order chi connectivity index (χ1) is 10.5. The van der Waals surface area contributed by atoms with Gasteiger partial charge in [-0.25, -0.2) is 4.79 Å². The summed E-state index contributed by atoms with van der Waals surface area (Å²) in [6.07, 6.45) is 0. The molecule has 0 N–H and O–H groups in total. The van der Waals surface area contributed by atoms with Gasteiger partial charge in [0, 0.05) is 13.1 Å². The van der Waals surface area contributed by atoms with Crippen molar-refractivity contribution in [3.63, 3.8) is 0 Å². The number of hydrogen-bond donors (Lipinski definition) is 0. The molecule has 1 saturated heterocycles. The van der Waals surface area contributed by atoms with E-state index in [9.17, 15) is 4.79 Å². The summed E-state index contributed by atoms with van der Waals surface area (Å²) in [5.74, 6) is 0.465. The van der Waals surface area contributed by atoms with Gasteiger partial charge in [0.25, 0.3) is 0 Å². The van der Waals surface area contributed by atoms with E-state index in [1.165, 1.54) is 0 Å². The van der Waals surface area contributed by atoms with Crippen molar-refractivity contribution in [3.8, 4) is 5.75 Å². The fourth-order valence-electron chi connectivity index (χ4n) is 3.42. The summed E-state index contributed by atoms with van der Waals surface area (Å²) in [4.78, 5) is 14.8. The SMILES string of the molecule is Cc1cccc(C)c1OC(=O)C(C)N1CC(C)(C)OC(C)(C)C1. The van der Waals surface area contributed by atoms with E-state index >= 15 is 0 Å². The van der Waals surface area contributed by atoms with Crippen LogP contribution in [0.2, 0.25) is 0 Å². The largest absolute Gasteiger partial charge is 0.425 e. The van der Waals surface area contributed by atoms with E-state index in [0.29, 0.717) is 18.8 Å². The summed E-state index contributed by atoms with van der Waals surface area (Å²) in [6.45, 7) is 15.5. The van der Waals surface area contributed by atoms with Crippen LogP contribution in [0.4, 0.5) is 0 Å². The highest BCUT2D eigenvalue weighted by Crippen LogP contribution is 2.30. The van der Waals surface area contributed by atoms with Gasteiger partial charge in [-0.3, -0.25) is 4.90 Å². The Kier molecular flexibility index (Phi) is 4.88. The number of ether oxygens (including phenoxy) is 2. The summed E-state index contributed by atoms with van der Waals surface area (Å²) < 4.78 is 11.8. The Labute approximate surface area is 139 Å². The van der Waals surface area contributed by atoms with Gasteiger partial charge in [-0.05, 0) is 59.6 Å². The zero-order valence-electron chi connectivity index (χ0n) is 15.4. The number of carbonyl (C=O) groups excluding carboxylic acids is 1. The van der Waals surface area contributed by atoms with Gasteiger partial charge in [0.1, 0.15) is 11.8 Å². The maximum absolute atomic E-state index is 12.6. The Morgan fingerprint density at radius 3 is 2.09 bits per heavy atom. The van der Waals surface area contributed by atoms with Crippen molar-refractivity contribution >= 4 is 5.97 Å². The van der Waals surface area contributed by atoms with E-state index in [0.717, 1.165) is 11.1 Å². The molecule has 4 heteroatoms. The van der Waals surface area contributed by atoms with Crippen LogP contribution in [0.15, 0.2) is 18.2 Å². The third kappa shape index (κ3) is 4.33. The standard InChI is InChI=1S/C19H29NO3/c1-13-9-8-10-14(2)16(13)22-17(21)15(3)20-11-18(4,5)23-19(6,7)12-20/h8-10,15H,11-12H2,1-7H3. The Balaban J connectivity index is 2.13. The predicted octanol–water partition coefficient (Wildman–Crippen LogP) is 3.49. The minimum absolute atomic E-state index is 0.212. The van der Waals surface area contributed by atoms with E-state index in [-0.39, 0.29) is 23.2 Å². The number of hydrogen-bond acceptors (Lipinski definition) is 4. The Morgan fingerprint density at radius 1 is 1.13 bits per heavy atom. The number of esters is 1. The Morgan fingerprint density at radius 2 is 1.61 bits per heavy atom. The third-order valence-electron chi connectivity index (χ3n) is 4.22. The average molecular weight is 319 g/mol. The van der Waals surface area contributed by atoms with Crippen LogP contribution in [0, 0.1) is 13.8 Å². The second-order valence-electron chi connectivity index (χ2n) is 7.84. The van der Waals surface area contributed by atoms with Crippen molar-refractivity contribution in [1.29, 1.82) is 0 Å². The number of aryl methyl sites for hydroxylation is 2. The maximum atomic E-state index is 12.6. The minimum Gasteiger partial charge on any atom is -0.425 e. The van der Waals surface area contributed by atoms with Crippen molar-refractivity contribution in [2.75, 3.05) is 13.1 Å². The Bertz CT molecular complexity index is 556. The quantitative estimate of drug-likeness (QED) is 0.631. The van der Waals surface area contributed by atoms with Crippen LogP contribution in [-0.2, 0) is 9.53 Å². The molecule has 0 bridgehead atoms.